The number of ether oxygens (including phenoxy) is 2. The Morgan fingerprint density at radius 2 is 2.00 bits per heavy atom. The Morgan fingerprint density at radius 1 is 1.35 bits per heavy atom. The van der Waals surface area contributed by atoms with Gasteiger partial charge in [-0.2, -0.15) is 0 Å². The van der Waals surface area contributed by atoms with Crippen LogP contribution in [0.25, 0.3) is 0 Å². The quantitative estimate of drug-likeness (QED) is 0.901. The second kappa shape index (κ2) is 5.12. The average Bonchev–Trinajstić information content (AvgIpc) is 3.03. The van der Waals surface area contributed by atoms with E-state index in [4.69, 9.17) is 9.47 Å². The van der Waals surface area contributed by atoms with Crippen molar-refractivity contribution in [3.63, 3.8) is 0 Å². The lowest BCUT2D eigenvalue weighted by molar-refractivity contribution is 0.124. The smallest absolute Gasteiger partial charge is 0.242 e. The molecule has 1 saturated carbocycles. The predicted molar refractivity (Wildman–Crippen MR) is 76.7 cm³/mol. The van der Waals surface area contributed by atoms with Crippen molar-refractivity contribution in [2.45, 2.75) is 45.3 Å². The predicted octanol–water partition coefficient (Wildman–Crippen LogP) is 2.17. The number of pyridine rings is 1. The minimum absolute atomic E-state index is 0.153. The van der Waals surface area contributed by atoms with E-state index < -0.39 is 15.6 Å². The Kier molecular flexibility index (Phi) is 3.82. The van der Waals surface area contributed by atoms with Gasteiger partial charge in [0.2, 0.25) is 15.9 Å². The van der Waals surface area contributed by atoms with Crippen LogP contribution in [0.2, 0.25) is 0 Å². The Bertz CT molecular complexity index is 589. The number of aromatic nitrogens is 1. The third kappa shape index (κ3) is 4.56. The molecule has 0 aromatic carbocycles. The summed E-state index contributed by atoms with van der Waals surface area (Å²) in [4.78, 5) is 4.11. The number of nitrogens with one attached hydrogen (secondary N) is 1. The zero-order chi connectivity index (χ0) is 15.0. The number of hydrogen-bond donors (Lipinski definition) is 1. The third-order valence-corrected chi connectivity index (χ3v) is 2.96. The summed E-state index contributed by atoms with van der Waals surface area (Å²) in [6.45, 7) is 5.61. The molecule has 112 valence electrons. The number of rotatable bonds is 5. The summed E-state index contributed by atoms with van der Waals surface area (Å²) in [6.07, 6.45) is 4.75. The molecule has 0 atom stereocenters. The minimum Gasteiger partial charge on any atom is -0.488 e. The van der Waals surface area contributed by atoms with Crippen molar-refractivity contribution in [3.8, 4) is 11.6 Å². The highest BCUT2D eigenvalue weighted by Gasteiger charge is 2.27. The molecule has 2 rings (SSSR count). The van der Waals surface area contributed by atoms with Crippen LogP contribution >= 0.6 is 0 Å². The van der Waals surface area contributed by atoms with Crippen LogP contribution in [0.1, 0.15) is 33.6 Å². The maximum Gasteiger partial charge on any atom is 0.242 e. The summed E-state index contributed by atoms with van der Waals surface area (Å²) in [5, 5.41) is 0. The summed E-state index contributed by atoms with van der Waals surface area (Å²) in [5.74, 6) is 0.674. The van der Waals surface area contributed by atoms with Crippen molar-refractivity contribution in [1.82, 2.24) is 4.98 Å². The van der Waals surface area contributed by atoms with Crippen molar-refractivity contribution in [2.75, 3.05) is 11.0 Å². The van der Waals surface area contributed by atoms with Crippen molar-refractivity contribution < 1.29 is 17.9 Å². The van der Waals surface area contributed by atoms with Crippen molar-refractivity contribution >= 4 is 15.7 Å². The fourth-order valence-electron chi connectivity index (χ4n) is 1.54. The van der Waals surface area contributed by atoms with Gasteiger partial charge in [-0.3, -0.25) is 4.72 Å². The first-order chi connectivity index (χ1) is 9.14. The maximum absolute atomic E-state index is 11.5. The summed E-state index contributed by atoms with van der Waals surface area (Å²) in [6, 6.07) is 1.64. The molecule has 1 aliphatic rings. The van der Waals surface area contributed by atoms with Crippen LogP contribution < -0.4 is 14.2 Å². The third-order valence-electron chi connectivity index (χ3n) is 2.39. The molecule has 0 radical (unpaired) electrons. The zero-order valence-corrected chi connectivity index (χ0v) is 13.0. The molecule has 0 bridgehead atoms. The van der Waals surface area contributed by atoms with E-state index in [2.05, 4.69) is 9.71 Å². The molecule has 0 saturated heterocycles. The molecule has 0 aliphatic heterocycles. The Hall–Kier alpha value is -1.50. The molecule has 1 heterocycles. The van der Waals surface area contributed by atoms with Gasteiger partial charge in [0.15, 0.2) is 11.4 Å². The molecule has 7 heteroatoms. The summed E-state index contributed by atoms with van der Waals surface area (Å²) in [5.41, 5.74) is -0.226. The van der Waals surface area contributed by atoms with E-state index in [0.29, 0.717) is 5.75 Å². The first-order valence-electron chi connectivity index (χ1n) is 6.46. The van der Waals surface area contributed by atoms with Gasteiger partial charge in [0.25, 0.3) is 0 Å². The van der Waals surface area contributed by atoms with E-state index in [1.165, 1.54) is 0 Å². The van der Waals surface area contributed by atoms with Gasteiger partial charge < -0.3 is 9.47 Å². The molecule has 1 aromatic rings. The molecule has 1 fully saturated rings. The number of sulfonamides is 1. The van der Waals surface area contributed by atoms with Gasteiger partial charge in [0, 0.05) is 12.3 Å². The van der Waals surface area contributed by atoms with Crippen LogP contribution in [0.15, 0.2) is 12.3 Å². The van der Waals surface area contributed by atoms with Crippen molar-refractivity contribution in [3.05, 3.63) is 12.3 Å². The number of hydrogen-bond acceptors (Lipinski definition) is 5. The second-order valence-corrected chi connectivity index (χ2v) is 7.64. The van der Waals surface area contributed by atoms with Gasteiger partial charge in [0.05, 0.1) is 12.4 Å². The lowest BCUT2D eigenvalue weighted by Gasteiger charge is -2.23. The fraction of sp³-hybridized carbons (Fsp3) is 0.615. The molecule has 1 aliphatic carbocycles. The molecule has 20 heavy (non-hydrogen) atoms. The van der Waals surface area contributed by atoms with Gasteiger partial charge in [0.1, 0.15) is 5.60 Å². The Morgan fingerprint density at radius 3 is 2.50 bits per heavy atom. The zero-order valence-electron chi connectivity index (χ0n) is 12.1. The fourth-order valence-corrected chi connectivity index (χ4v) is 2.10. The molecule has 1 N–H and O–H groups in total. The highest BCUT2D eigenvalue weighted by atomic mass is 32.2. The molecule has 0 unspecified atom stereocenters. The van der Waals surface area contributed by atoms with Crippen molar-refractivity contribution in [2.24, 2.45) is 0 Å². The normalized spacial score (nSPS) is 15.8. The van der Waals surface area contributed by atoms with E-state index in [9.17, 15) is 8.42 Å². The lowest BCUT2D eigenvalue weighted by atomic mass is 10.2. The van der Waals surface area contributed by atoms with Gasteiger partial charge in [-0.25, -0.2) is 13.4 Å². The van der Waals surface area contributed by atoms with E-state index in [0.717, 1.165) is 19.1 Å². The van der Waals surface area contributed by atoms with E-state index in [1.807, 2.05) is 20.8 Å². The molecule has 1 aromatic heterocycles. The van der Waals surface area contributed by atoms with Crippen LogP contribution in [-0.2, 0) is 10.0 Å². The highest BCUT2D eigenvalue weighted by molar-refractivity contribution is 7.92. The van der Waals surface area contributed by atoms with Crippen LogP contribution in [0.3, 0.4) is 0 Å². The van der Waals surface area contributed by atoms with E-state index in [-0.39, 0.29) is 17.7 Å². The maximum atomic E-state index is 11.5. The minimum atomic E-state index is -3.44. The van der Waals surface area contributed by atoms with Gasteiger partial charge in [-0.15, -0.1) is 0 Å². The van der Waals surface area contributed by atoms with Crippen molar-refractivity contribution in [1.29, 1.82) is 0 Å². The molecule has 0 amide bonds. The van der Waals surface area contributed by atoms with Gasteiger partial charge >= 0.3 is 0 Å². The SMILES string of the molecule is CC(C)(C)Oc1nccc(OC2CC2)c1NS(C)(=O)=O. The van der Waals surface area contributed by atoms with Gasteiger partial charge in [-0.05, 0) is 33.6 Å². The highest BCUT2D eigenvalue weighted by Crippen LogP contribution is 2.38. The van der Waals surface area contributed by atoms with Crippen LogP contribution in [0.5, 0.6) is 11.6 Å². The molecular weight excluding hydrogens is 280 g/mol. The monoisotopic (exact) mass is 300 g/mol. The first-order valence-corrected chi connectivity index (χ1v) is 8.36. The second-order valence-electron chi connectivity index (χ2n) is 5.90. The summed E-state index contributed by atoms with van der Waals surface area (Å²) >= 11 is 0. The molecular formula is C13H20N2O4S. The topological polar surface area (TPSA) is 77.5 Å². The summed E-state index contributed by atoms with van der Waals surface area (Å²) in [7, 11) is -3.44. The number of anilines is 1. The Balaban J connectivity index is 2.37. The summed E-state index contributed by atoms with van der Waals surface area (Å²) < 4.78 is 36.9. The average molecular weight is 300 g/mol. The van der Waals surface area contributed by atoms with Crippen LogP contribution in [0, 0.1) is 0 Å². The van der Waals surface area contributed by atoms with Crippen LogP contribution in [-0.4, -0.2) is 31.4 Å². The van der Waals surface area contributed by atoms with Crippen LogP contribution in [0.4, 0.5) is 5.69 Å². The largest absolute Gasteiger partial charge is 0.488 e. The molecule has 0 spiro atoms. The lowest BCUT2D eigenvalue weighted by Crippen LogP contribution is -2.25. The Labute approximate surface area is 119 Å². The van der Waals surface area contributed by atoms with Gasteiger partial charge in [-0.1, -0.05) is 0 Å². The first kappa shape index (κ1) is 14.9. The number of nitrogens with zero attached hydrogens (tertiary/aromatic N) is 1. The van der Waals surface area contributed by atoms with E-state index >= 15 is 0 Å². The standard InChI is InChI=1S/C13H20N2O4S/c1-13(2,3)19-12-11(15-20(4,16)17)10(7-8-14-12)18-9-5-6-9/h7-9,15H,5-6H2,1-4H3. The van der Waals surface area contributed by atoms with E-state index in [1.54, 1.807) is 12.3 Å². The molecule has 6 nitrogen and oxygen atoms in total.